The number of nitrogens with one attached hydrogen (secondary N) is 2. The van der Waals surface area contributed by atoms with Gasteiger partial charge in [-0.2, -0.15) is 0 Å². The number of fused-ring (bicyclic) bond motifs is 1. The van der Waals surface area contributed by atoms with Crippen molar-refractivity contribution in [3.63, 3.8) is 0 Å². The second-order valence-electron chi connectivity index (χ2n) is 3.57. The standard InChI is InChI=1S/C12H9N3O/c16-12-9(7-14-15-12)5-8-6-13-11-4-2-1-3-10(8)11/h1-7H,(H2,14,15,16). The molecule has 4 heteroatoms. The number of aliphatic imine (C=N–C) groups is 1. The molecule has 4 nitrogen and oxygen atoms in total. The van der Waals surface area contributed by atoms with E-state index in [0.717, 1.165) is 16.8 Å². The first kappa shape index (κ1) is 8.91. The Bertz CT molecular complexity index is 646. The molecule has 0 bridgehead atoms. The van der Waals surface area contributed by atoms with Crippen LogP contribution >= 0.6 is 0 Å². The predicted molar refractivity (Wildman–Crippen MR) is 63.9 cm³/mol. The van der Waals surface area contributed by atoms with E-state index in [4.69, 9.17) is 0 Å². The summed E-state index contributed by atoms with van der Waals surface area (Å²) < 4.78 is 0. The van der Waals surface area contributed by atoms with Crippen molar-refractivity contribution in [2.45, 2.75) is 0 Å². The largest absolute Gasteiger partial charge is 0.305 e. The molecule has 0 aliphatic carbocycles. The highest BCUT2D eigenvalue weighted by molar-refractivity contribution is 6.21. The molecule has 0 atom stereocenters. The Hall–Kier alpha value is -2.36. The number of aromatic amines is 2. The van der Waals surface area contributed by atoms with Crippen molar-refractivity contribution in [1.82, 2.24) is 10.2 Å². The number of aromatic nitrogens is 2. The minimum atomic E-state index is -0.120. The van der Waals surface area contributed by atoms with Crippen molar-refractivity contribution in [2.75, 3.05) is 0 Å². The quantitative estimate of drug-likeness (QED) is 0.744. The zero-order valence-electron chi connectivity index (χ0n) is 8.40. The predicted octanol–water partition coefficient (Wildman–Crippen LogP) is 1.96. The van der Waals surface area contributed by atoms with Crippen LogP contribution in [-0.4, -0.2) is 16.4 Å². The summed E-state index contributed by atoms with van der Waals surface area (Å²) in [6.45, 7) is 0. The van der Waals surface area contributed by atoms with E-state index < -0.39 is 0 Å². The topological polar surface area (TPSA) is 61.0 Å². The van der Waals surface area contributed by atoms with Gasteiger partial charge in [-0.25, -0.2) is 0 Å². The molecular formula is C12H9N3O. The number of rotatable bonds is 1. The van der Waals surface area contributed by atoms with Gasteiger partial charge in [0.25, 0.3) is 5.56 Å². The van der Waals surface area contributed by atoms with Crippen LogP contribution in [0.15, 0.2) is 40.2 Å². The third-order valence-corrected chi connectivity index (χ3v) is 2.54. The molecule has 16 heavy (non-hydrogen) atoms. The van der Waals surface area contributed by atoms with Crippen LogP contribution in [0.25, 0.3) is 11.6 Å². The molecule has 0 spiro atoms. The summed E-state index contributed by atoms with van der Waals surface area (Å²) in [5.74, 6) is 0. The minimum absolute atomic E-state index is 0.120. The SMILES string of the molecule is O=c1[nH][nH]cc1C=C1C=Nc2ccccc21. The number of benzene rings is 1. The normalized spacial score (nSPS) is 15.6. The average molecular weight is 211 g/mol. The molecule has 1 aliphatic rings. The average Bonchev–Trinajstić information content (AvgIpc) is 2.88. The molecule has 78 valence electrons. The van der Waals surface area contributed by atoms with Crippen LogP contribution < -0.4 is 5.56 Å². The first-order chi connectivity index (χ1) is 7.84. The highest BCUT2D eigenvalue weighted by atomic mass is 16.1. The molecule has 1 aliphatic heterocycles. The zero-order valence-corrected chi connectivity index (χ0v) is 8.40. The Morgan fingerprint density at radius 2 is 2.12 bits per heavy atom. The van der Waals surface area contributed by atoms with Crippen LogP contribution in [0, 0.1) is 0 Å². The van der Waals surface area contributed by atoms with Gasteiger partial charge in [-0.3, -0.25) is 14.9 Å². The van der Waals surface area contributed by atoms with E-state index in [0.29, 0.717) is 5.56 Å². The van der Waals surface area contributed by atoms with E-state index in [1.165, 1.54) is 0 Å². The molecule has 2 heterocycles. The fourth-order valence-corrected chi connectivity index (χ4v) is 1.75. The maximum Gasteiger partial charge on any atom is 0.271 e. The number of allylic oxidation sites excluding steroid dienone is 1. The van der Waals surface area contributed by atoms with E-state index in [-0.39, 0.29) is 5.56 Å². The smallest absolute Gasteiger partial charge is 0.271 e. The van der Waals surface area contributed by atoms with Crippen LogP contribution in [0.3, 0.4) is 0 Å². The van der Waals surface area contributed by atoms with Crippen molar-refractivity contribution >= 4 is 23.6 Å². The third-order valence-electron chi connectivity index (χ3n) is 2.54. The number of hydrogen-bond donors (Lipinski definition) is 2. The van der Waals surface area contributed by atoms with Crippen molar-refractivity contribution in [1.29, 1.82) is 0 Å². The van der Waals surface area contributed by atoms with Gasteiger partial charge in [0, 0.05) is 23.5 Å². The zero-order chi connectivity index (χ0) is 11.0. The number of hydrogen-bond acceptors (Lipinski definition) is 2. The minimum Gasteiger partial charge on any atom is -0.305 e. The van der Waals surface area contributed by atoms with Crippen molar-refractivity contribution < 1.29 is 0 Å². The fraction of sp³-hybridized carbons (Fsp3) is 0. The van der Waals surface area contributed by atoms with Gasteiger partial charge in [0.1, 0.15) is 0 Å². The highest BCUT2D eigenvalue weighted by Gasteiger charge is 2.11. The lowest BCUT2D eigenvalue weighted by Gasteiger charge is -1.96. The summed E-state index contributed by atoms with van der Waals surface area (Å²) in [6, 6.07) is 7.86. The molecule has 0 radical (unpaired) electrons. The summed E-state index contributed by atoms with van der Waals surface area (Å²) >= 11 is 0. The molecule has 1 aromatic heterocycles. The van der Waals surface area contributed by atoms with Crippen molar-refractivity contribution in [2.24, 2.45) is 4.99 Å². The lowest BCUT2D eigenvalue weighted by molar-refractivity contribution is 1.06. The molecule has 0 fully saturated rings. The molecule has 0 unspecified atom stereocenters. The van der Waals surface area contributed by atoms with E-state index >= 15 is 0 Å². The first-order valence-electron chi connectivity index (χ1n) is 4.96. The summed E-state index contributed by atoms with van der Waals surface area (Å²) in [5, 5.41) is 5.17. The van der Waals surface area contributed by atoms with Gasteiger partial charge in [0.2, 0.25) is 0 Å². The number of para-hydroxylation sites is 1. The fourth-order valence-electron chi connectivity index (χ4n) is 1.75. The highest BCUT2D eigenvalue weighted by Crippen LogP contribution is 2.31. The maximum atomic E-state index is 11.3. The third kappa shape index (κ3) is 1.32. The van der Waals surface area contributed by atoms with Crippen LogP contribution in [0.2, 0.25) is 0 Å². The van der Waals surface area contributed by atoms with Gasteiger partial charge in [-0.05, 0) is 12.1 Å². The van der Waals surface area contributed by atoms with Gasteiger partial charge in [-0.15, -0.1) is 0 Å². The number of nitrogens with zero attached hydrogens (tertiary/aromatic N) is 1. The lowest BCUT2D eigenvalue weighted by atomic mass is 10.1. The Morgan fingerprint density at radius 3 is 2.94 bits per heavy atom. The second-order valence-corrected chi connectivity index (χ2v) is 3.57. The van der Waals surface area contributed by atoms with Crippen LogP contribution in [0.4, 0.5) is 5.69 Å². The van der Waals surface area contributed by atoms with E-state index in [2.05, 4.69) is 15.2 Å². The summed E-state index contributed by atoms with van der Waals surface area (Å²) in [7, 11) is 0. The molecule has 0 saturated heterocycles. The number of H-pyrrole nitrogens is 2. The van der Waals surface area contributed by atoms with Gasteiger partial charge in [0.05, 0.1) is 11.3 Å². The molecular weight excluding hydrogens is 202 g/mol. The first-order valence-corrected chi connectivity index (χ1v) is 4.96. The Labute approximate surface area is 91.3 Å². The van der Waals surface area contributed by atoms with E-state index in [9.17, 15) is 4.79 Å². The summed E-state index contributed by atoms with van der Waals surface area (Å²) in [6.07, 6.45) is 5.24. The van der Waals surface area contributed by atoms with Gasteiger partial charge in [0.15, 0.2) is 0 Å². The maximum absolute atomic E-state index is 11.3. The molecule has 1 aromatic carbocycles. The monoisotopic (exact) mass is 211 g/mol. The Kier molecular flexibility index (Phi) is 1.86. The van der Waals surface area contributed by atoms with Gasteiger partial charge < -0.3 is 5.10 Å². The van der Waals surface area contributed by atoms with Crippen LogP contribution in [0.5, 0.6) is 0 Å². The van der Waals surface area contributed by atoms with E-state index in [1.807, 2.05) is 30.3 Å². The molecule has 0 saturated carbocycles. The second kappa shape index (κ2) is 3.34. The van der Waals surface area contributed by atoms with Crippen molar-refractivity contribution in [3.8, 4) is 0 Å². The van der Waals surface area contributed by atoms with Gasteiger partial charge >= 0.3 is 0 Å². The molecule has 0 amide bonds. The Balaban J connectivity index is 2.12. The van der Waals surface area contributed by atoms with Crippen molar-refractivity contribution in [3.05, 3.63) is 51.9 Å². The molecule has 2 aromatic rings. The molecule has 3 rings (SSSR count). The lowest BCUT2D eigenvalue weighted by Crippen LogP contribution is -2.01. The summed E-state index contributed by atoms with van der Waals surface area (Å²) in [5.41, 5.74) is 3.45. The van der Waals surface area contributed by atoms with Crippen LogP contribution in [-0.2, 0) is 0 Å². The van der Waals surface area contributed by atoms with E-state index in [1.54, 1.807) is 12.4 Å². The van der Waals surface area contributed by atoms with Gasteiger partial charge in [-0.1, -0.05) is 18.2 Å². The molecule has 2 N–H and O–H groups in total. The van der Waals surface area contributed by atoms with Crippen LogP contribution in [0.1, 0.15) is 11.1 Å². The Morgan fingerprint density at radius 1 is 1.25 bits per heavy atom. The summed E-state index contributed by atoms with van der Waals surface area (Å²) in [4.78, 5) is 15.6.